The van der Waals surface area contributed by atoms with E-state index in [0.717, 1.165) is 5.56 Å². The van der Waals surface area contributed by atoms with E-state index in [-0.39, 0.29) is 23.9 Å². The molecular formula is C23H23ClN2O4S. The van der Waals surface area contributed by atoms with Crippen molar-refractivity contribution >= 4 is 33.2 Å². The quantitative estimate of drug-likeness (QED) is 0.507. The Balaban J connectivity index is 1.88. The number of anilines is 1. The molecule has 3 rings (SSSR count). The minimum Gasteiger partial charge on any atom is -0.497 e. The van der Waals surface area contributed by atoms with E-state index in [9.17, 15) is 13.2 Å². The molecule has 0 aliphatic rings. The molecule has 6 nitrogen and oxygen atoms in total. The van der Waals surface area contributed by atoms with Crippen molar-refractivity contribution in [3.63, 3.8) is 0 Å². The highest BCUT2D eigenvalue weighted by Gasteiger charge is 2.28. The van der Waals surface area contributed by atoms with Gasteiger partial charge in [-0.1, -0.05) is 41.9 Å². The van der Waals surface area contributed by atoms with E-state index < -0.39 is 10.0 Å². The van der Waals surface area contributed by atoms with Crippen LogP contribution in [0.2, 0.25) is 5.02 Å². The predicted molar refractivity (Wildman–Crippen MR) is 122 cm³/mol. The maximum atomic E-state index is 13.3. The fourth-order valence-corrected chi connectivity index (χ4v) is 4.48. The first-order valence-electron chi connectivity index (χ1n) is 9.51. The van der Waals surface area contributed by atoms with E-state index >= 15 is 0 Å². The molecule has 0 aromatic heterocycles. The van der Waals surface area contributed by atoms with Gasteiger partial charge < -0.3 is 9.64 Å². The second kappa shape index (κ2) is 9.96. The van der Waals surface area contributed by atoms with Gasteiger partial charge in [-0.25, -0.2) is 8.42 Å². The summed E-state index contributed by atoms with van der Waals surface area (Å²) >= 11 is 5.91. The number of nitrogens with zero attached hydrogens (tertiary/aromatic N) is 2. The highest BCUT2D eigenvalue weighted by molar-refractivity contribution is 7.89. The van der Waals surface area contributed by atoms with Crippen molar-refractivity contribution < 1.29 is 17.9 Å². The molecule has 3 aromatic carbocycles. The third-order valence-corrected chi connectivity index (χ3v) is 6.86. The average Bonchev–Trinajstić information content (AvgIpc) is 2.79. The van der Waals surface area contributed by atoms with Gasteiger partial charge in [0.25, 0.3) is 0 Å². The first-order chi connectivity index (χ1) is 14.8. The molecule has 0 aliphatic heterocycles. The molecule has 0 bridgehead atoms. The Morgan fingerprint density at radius 1 is 0.935 bits per heavy atom. The maximum absolute atomic E-state index is 13.3. The maximum Gasteiger partial charge on any atom is 0.243 e. The van der Waals surface area contributed by atoms with E-state index in [1.165, 1.54) is 33.5 Å². The zero-order valence-corrected chi connectivity index (χ0v) is 18.8. The molecule has 0 aliphatic carbocycles. The Labute approximate surface area is 187 Å². The summed E-state index contributed by atoms with van der Waals surface area (Å²) in [7, 11) is -0.757. The lowest BCUT2D eigenvalue weighted by Crippen LogP contribution is -2.41. The molecule has 0 N–H and O–H groups in total. The Kier molecular flexibility index (Phi) is 7.33. The lowest BCUT2D eigenvalue weighted by atomic mass is 10.2. The standard InChI is InChI=1S/C23H23ClN2O4S/c1-25(20-10-12-21(30-2)13-11-20)23(27)17-26(16-18-6-4-3-5-7-18)31(28,29)22-14-8-19(24)9-15-22/h3-15H,16-17H2,1-2H3. The minimum absolute atomic E-state index is 0.0635. The van der Waals surface area contributed by atoms with Gasteiger partial charge in [-0.3, -0.25) is 4.79 Å². The second-order valence-corrected chi connectivity index (χ2v) is 9.24. The van der Waals surface area contributed by atoms with Crippen LogP contribution in [0.3, 0.4) is 0 Å². The Hall–Kier alpha value is -2.87. The third kappa shape index (κ3) is 5.64. The summed E-state index contributed by atoms with van der Waals surface area (Å²) in [5.41, 5.74) is 1.41. The SMILES string of the molecule is COc1ccc(N(C)C(=O)CN(Cc2ccccc2)S(=O)(=O)c2ccc(Cl)cc2)cc1. The summed E-state index contributed by atoms with van der Waals surface area (Å²) in [6, 6.07) is 22.0. The highest BCUT2D eigenvalue weighted by atomic mass is 35.5. The van der Waals surface area contributed by atoms with E-state index in [1.807, 2.05) is 30.3 Å². The Morgan fingerprint density at radius 2 is 1.55 bits per heavy atom. The summed E-state index contributed by atoms with van der Waals surface area (Å²) in [5, 5.41) is 0.434. The topological polar surface area (TPSA) is 66.9 Å². The first kappa shape index (κ1) is 22.8. The van der Waals surface area contributed by atoms with E-state index in [4.69, 9.17) is 16.3 Å². The summed E-state index contributed by atoms with van der Waals surface area (Å²) in [4.78, 5) is 14.5. The number of carbonyl (C=O) groups is 1. The number of sulfonamides is 1. The highest BCUT2D eigenvalue weighted by Crippen LogP contribution is 2.22. The van der Waals surface area contributed by atoms with Gasteiger partial charge in [0.1, 0.15) is 5.75 Å². The number of hydrogen-bond acceptors (Lipinski definition) is 4. The van der Waals surface area contributed by atoms with Gasteiger partial charge in [0.05, 0.1) is 18.6 Å². The van der Waals surface area contributed by atoms with Gasteiger partial charge in [0, 0.05) is 24.3 Å². The van der Waals surface area contributed by atoms with Crippen molar-refractivity contribution in [3.05, 3.63) is 89.4 Å². The van der Waals surface area contributed by atoms with Crippen LogP contribution in [0.4, 0.5) is 5.69 Å². The largest absolute Gasteiger partial charge is 0.497 e. The molecule has 31 heavy (non-hydrogen) atoms. The van der Waals surface area contributed by atoms with Crippen molar-refractivity contribution in [1.29, 1.82) is 0 Å². The molecule has 0 saturated heterocycles. The number of ether oxygens (including phenoxy) is 1. The summed E-state index contributed by atoms with van der Waals surface area (Å²) in [6.45, 7) is -0.254. The van der Waals surface area contributed by atoms with E-state index in [2.05, 4.69) is 0 Å². The van der Waals surface area contributed by atoms with Crippen LogP contribution in [0, 0.1) is 0 Å². The zero-order valence-electron chi connectivity index (χ0n) is 17.2. The van der Waals surface area contributed by atoms with Crippen molar-refractivity contribution in [2.75, 3.05) is 25.6 Å². The molecule has 162 valence electrons. The van der Waals surface area contributed by atoms with Gasteiger partial charge in [0.15, 0.2) is 0 Å². The lowest BCUT2D eigenvalue weighted by Gasteiger charge is -2.25. The van der Waals surface area contributed by atoms with Crippen molar-refractivity contribution in [2.45, 2.75) is 11.4 Å². The fraction of sp³-hybridized carbons (Fsp3) is 0.174. The molecule has 0 atom stereocenters. The molecule has 8 heteroatoms. The molecule has 0 heterocycles. The number of rotatable bonds is 8. The zero-order chi connectivity index (χ0) is 22.4. The molecule has 0 saturated carbocycles. The van der Waals surface area contributed by atoms with Gasteiger partial charge in [0.2, 0.25) is 15.9 Å². The minimum atomic E-state index is -3.93. The summed E-state index contributed by atoms with van der Waals surface area (Å²) in [6.07, 6.45) is 0. The van der Waals surface area contributed by atoms with Crippen LogP contribution in [-0.2, 0) is 21.4 Å². The average molecular weight is 459 g/mol. The van der Waals surface area contributed by atoms with Gasteiger partial charge in [-0.2, -0.15) is 4.31 Å². The van der Waals surface area contributed by atoms with Crippen molar-refractivity contribution in [1.82, 2.24) is 4.31 Å². The first-order valence-corrected chi connectivity index (χ1v) is 11.3. The van der Waals surface area contributed by atoms with Crippen molar-refractivity contribution in [3.8, 4) is 5.75 Å². The summed E-state index contributed by atoms with van der Waals surface area (Å²) < 4.78 is 33.0. The third-order valence-electron chi connectivity index (χ3n) is 4.80. The molecule has 0 fully saturated rings. The molecule has 3 aromatic rings. The Morgan fingerprint density at radius 3 is 2.13 bits per heavy atom. The number of carbonyl (C=O) groups excluding carboxylic acids is 1. The smallest absolute Gasteiger partial charge is 0.243 e. The summed E-state index contributed by atoms with van der Waals surface area (Å²) in [5.74, 6) is 0.305. The van der Waals surface area contributed by atoms with E-state index in [0.29, 0.717) is 16.5 Å². The monoisotopic (exact) mass is 458 g/mol. The van der Waals surface area contributed by atoms with Crippen LogP contribution in [0.5, 0.6) is 5.75 Å². The van der Waals surface area contributed by atoms with Gasteiger partial charge in [-0.05, 0) is 54.1 Å². The number of benzene rings is 3. The van der Waals surface area contributed by atoms with Crippen LogP contribution in [-0.4, -0.2) is 39.3 Å². The van der Waals surface area contributed by atoms with Crippen LogP contribution in [0.25, 0.3) is 0 Å². The van der Waals surface area contributed by atoms with Gasteiger partial charge in [-0.15, -0.1) is 0 Å². The number of likely N-dealkylation sites (N-methyl/N-ethyl adjacent to an activating group) is 1. The molecular weight excluding hydrogens is 436 g/mol. The number of methoxy groups -OCH3 is 1. The molecule has 0 radical (unpaired) electrons. The Bertz CT molecular complexity index is 1120. The van der Waals surface area contributed by atoms with Crippen molar-refractivity contribution in [2.24, 2.45) is 0 Å². The number of hydrogen-bond donors (Lipinski definition) is 0. The van der Waals surface area contributed by atoms with E-state index in [1.54, 1.807) is 38.4 Å². The lowest BCUT2D eigenvalue weighted by molar-refractivity contribution is -0.118. The normalized spacial score (nSPS) is 11.4. The second-order valence-electron chi connectivity index (χ2n) is 6.86. The number of halogens is 1. The van der Waals surface area contributed by atoms with Crippen LogP contribution < -0.4 is 9.64 Å². The van der Waals surface area contributed by atoms with Gasteiger partial charge >= 0.3 is 0 Å². The van der Waals surface area contributed by atoms with Crippen LogP contribution >= 0.6 is 11.6 Å². The molecule has 0 spiro atoms. The van der Waals surface area contributed by atoms with Crippen LogP contribution in [0.1, 0.15) is 5.56 Å². The predicted octanol–water partition coefficient (Wildman–Crippen LogP) is 4.20. The molecule has 1 amide bonds. The molecule has 0 unspecified atom stereocenters. The number of amides is 1. The fourth-order valence-electron chi connectivity index (χ4n) is 2.98. The van der Waals surface area contributed by atoms with Crippen LogP contribution in [0.15, 0.2) is 83.8 Å².